The van der Waals surface area contributed by atoms with Crippen LogP contribution in [0.4, 0.5) is 0 Å². The van der Waals surface area contributed by atoms with E-state index in [9.17, 15) is 13.2 Å². The summed E-state index contributed by atoms with van der Waals surface area (Å²) in [4.78, 5) is 18.2. The van der Waals surface area contributed by atoms with Crippen molar-refractivity contribution in [2.45, 2.75) is 11.8 Å². The zero-order chi connectivity index (χ0) is 28.8. The summed E-state index contributed by atoms with van der Waals surface area (Å²) in [6.45, 7) is 1.90. The van der Waals surface area contributed by atoms with Crippen molar-refractivity contribution in [2.24, 2.45) is 0 Å². The molecule has 7 rings (SSSR count). The fraction of sp³-hybridized carbons (Fsp3) is 0.0286. The maximum absolute atomic E-state index is 14.6. The molecule has 0 radical (unpaired) electrons. The van der Waals surface area contributed by atoms with E-state index in [1.54, 1.807) is 24.3 Å². The van der Waals surface area contributed by atoms with Gasteiger partial charge in [-0.25, -0.2) is 22.2 Å². The normalized spacial score (nSPS) is 11.7. The Labute approximate surface area is 242 Å². The van der Waals surface area contributed by atoms with Gasteiger partial charge < -0.3 is 4.42 Å². The van der Waals surface area contributed by atoms with Crippen LogP contribution >= 0.6 is 0 Å². The molecule has 0 N–H and O–H groups in total. The summed E-state index contributed by atoms with van der Waals surface area (Å²) in [5, 5.41) is 2.23. The molecule has 7 heteroatoms. The van der Waals surface area contributed by atoms with Crippen LogP contribution in [0.1, 0.15) is 5.56 Å². The summed E-state index contributed by atoms with van der Waals surface area (Å²) < 4.78 is 36.3. The minimum Gasteiger partial charge on any atom is -0.422 e. The minimum atomic E-state index is -4.20. The molecule has 0 unspecified atom stereocenters. The smallest absolute Gasteiger partial charge is 0.336 e. The lowest BCUT2D eigenvalue weighted by atomic mass is 10.0. The predicted molar refractivity (Wildman–Crippen MR) is 166 cm³/mol. The summed E-state index contributed by atoms with van der Waals surface area (Å²) in [7, 11) is -4.20. The zero-order valence-corrected chi connectivity index (χ0v) is 23.4. The monoisotopic (exact) mass is 568 g/mol. The summed E-state index contributed by atoms with van der Waals surface area (Å²) in [5.41, 5.74) is 3.37. The van der Waals surface area contributed by atoms with Crippen LogP contribution in [0.5, 0.6) is 0 Å². The van der Waals surface area contributed by atoms with Gasteiger partial charge in [0.25, 0.3) is 10.0 Å². The Kier molecular flexibility index (Phi) is 6.10. The lowest BCUT2D eigenvalue weighted by molar-refractivity contribution is 0.564. The first-order chi connectivity index (χ1) is 20.4. The van der Waals surface area contributed by atoms with Gasteiger partial charge >= 0.3 is 5.63 Å². The molecule has 0 saturated carbocycles. The first kappa shape index (κ1) is 25.7. The van der Waals surface area contributed by atoms with E-state index in [0.29, 0.717) is 33.5 Å². The summed E-state index contributed by atoms with van der Waals surface area (Å²) >= 11 is 0. The largest absolute Gasteiger partial charge is 0.422 e. The van der Waals surface area contributed by atoms with Crippen LogP contribution in [0.2, 0.25) is 0 Å². The predicted octanol–water partition coefficient (Wildman–Crippen LogP) is 7.69. The van der Waals surface area contributed by atoms with Crippen molar-refractivity contribution in [3.05, 3.63) is 143 Å². The minimum absolute atomic E-state index is 0.112. The van der Waals surface area contributed by atoms with Crippen molar-refractivity contribution in [3.63, 3.8) is 0 Å². The molecular formula is C35H24N2O4S. The van der Waals surface area contributed by atoms with Gasteiger partial charge in [-0.1, -0.05) is 109 Å². The first-order valence-electron chi connectivity index (χ1n) is 13.4. The highest BCUT2D eigenvalue weighted by molar-refractivity contribution is 7.90. The van der Waals surface area contributed by atoms with Gasteiger partial charge in [-0.15, -0.1) is 0 Å². The van der Waals surface area contributed by atoms with Crippen LogP contribution in [0, 0.1) is 6.92 Å². The van der Waals surface area contributed by atoms with Crippen molar-refractivity contribution in [2.75, 3.05) is 0 Å². The summed E-state index contributed by atoms with van der Waals surface area (Å²) in [5.74, 6) is 0.126. The zero-order valence-electron chi connectivity index (χ0n) is 22.6. The van der Waals surface area contributed by atoms with Gasteiger partial charge in [0.2, 0.25) is 0 Å². The highest BCUT2D eigenvalue weighted by Crippen LogP contribution is 2.41. The number of aromatic nitrogens is 2. The third-order valence-electron chi connectivity index (χ3n) is 7.37. The second-order valence-electron chi connectivity index (χ2n) is 10.1. The van der Waals surface area contributed by atoms with E-state index in [1.165, 1.54) is 10.0 Å². The number of fused-ring (bicyclic) bond motifs is 3. The third kappa shape index (κ3) is 4.22. The van der Waals surface area contributed by atoms with Crippen molar-refractivity contribution >= 4 is 31.8 Å². The van der Waals surface area contributed by atoms with Crippen LogP contribution in [0.15, 0.2) is 142 Å². The van der Waals surface area contributed by atoms with Gasteiger partial charge in [-0.2, -0.15) is 0 Å². The van der Waals surface area contributed by atoms with Gasteiger partial charge in [-0.3, -0.25) is 0 Å². The van der Waals surface area contributed by atoms with Crippen molar-refractivity contribution in [3.8, 4) is 33.9 Å². The van der Waals surface area contributed by atoms with E-state index >= 15 is 0 Å². The third-order valence-corrected chi connectivity index (χ3v) is 9.07. The molecule has 5 aromatic carbocycles. The van der Waals surface area contributed by atoms with E-state index in [2.05, 4.69) is 0 Å². The molecule has 42 heavy (non-hydrogen) atoms. The molecule has 0 aliphatic heterocycles. The Morgan fingerprint density at radius 2 is 1.33 bits per heavy atom. The van der Waals surface area contributed by atoms with E-state index < -0.39 is 15.6 Å². The number of benzene rings is 5. The Morgan fingerprint density at radius 3 is 2.05 bits per heavy atom. The lowest BCUT2D eigenvalue weighted by Crippen LogP contribution is -2.16. The van der Waals surface area contributed by atoms with E-state index in [0.717, 1.165) is 21.9 Å². The molecule has 0 atom stereocenters. The number of hydrogen-bond donors (Lipinski definition) is 0. The molecule has 0 amide bonds. The van der Waals surface area contributed by atoms with E-state index in [1.807, 2.05) is 104 Å². The number of rotatable bonds is 5. The highest BCUT2D eigenvalue weighted by Gasteiger charge is 2.31. The van der Waals surface area contributed by atoms with Crippen molar-refractivity contribution < 1.29 is 12.8 Å². The molecule has 7 aromatic rings. The average molecular weight is 569 g/mol. The molecule has 0 saturated heterocycles. The molecule has 204 valence electrons. The molecule has 6 nitrogen and oxygen atoms in total. The van der Waals surface area contributed by atoms with E-state index in [4.69, 9.17) is 9.40 Å². The molecule has 0 spiro atoms. The SMILES string of the molecule is Cc1ccc(S(=O)(=O)n2c(-c3cc(=O)oc4c3ccc3ccccc34)nc(-c3ccccc3)c2-c2ccccc2)cc1. The van der Waals surface area contributed by atoms with Gasteiger partial charge in [-0.05, 0) is 30.5 Å². The average Bonchev–Trinajstić information content (AvgIpc) is 3.43. The van der Waals surface area contributed by atoms with Crippen molar-refractivity contribution in [1.82, 2.24) is 8.96 Å². The van der Waals surface area contributed by atoms with Crippen LogP contribution in [-0.4, -0.2) is 17.4 Å². The van der Waals surface area contributed by atoms with Gasteiger partial charge in [0.05, 0.1) is 16.3 Å². The number of aryl methyl sites for hydroxylation is 1. The second kappa shape index (κ2) is 9.98. The Balaban J connectivity index is 1.66. The maximum atomic E-state index is 14.6. The Hall–Kier alpha value is -5.27. The maximum Gasteiger partial charge on any atom is 0.336 e. The van der Waals surface area contributed by atoms with Crippen LogP contribution < -0.4 is 5.63 Å². The highest BCUT2D eigenvalue weighted by atomic mass is 32.2. The Morgan fingerprint density at radius 1 is 0.690 bits per heavy atom. The lowest BCUT2D eigenvalue weighted by Gasteiger charge is -2.15. The number of imidazole rings is 1. The van der Waals surface area contributed by atoms with Gasteiger partial charge in [0.15, 0.2) is 5.82 Å². The molecular weight excluding hydrogens is 544 g/mol. The molecule has 2 aromatic heterocycles. The standard InChI is InChI=1S/C35H24N2O4S/c1-23-16-19-27(20-17-23)42(39,40)37-33(26-13-6-3-7-14-26)32(25-11-4-2-5-12-25)36-35(37)30-22-31(38)41-34-28-15-9-8-10-24(28)18-21-29(30)34/h2-22H,1H3. The topological polar surface area (TPSA) is 82.2 Å². The first-order valence-corrected chi connectivity index (χ1v) is 14.9. The second-order valence-corrected chi connectivity index (χ2v) is 11.9. The van der Waals surface area contributed by atoms with Gasteiger partial charge in [0, 0.05) is 33.5 Å². The molecule has 0 fully saturated rings. The number of hydrogen-bond acceptors (Lipinski definition) is 5. The van der Waals surface area contributed by atoms with Crippen LogP contribution in [0.25, 0.3) is 55.6 Å². The molecule has 0 aliphatic rings. The quantitative estimate of drug-likeness (QED) is 0.157. The molecule has 2 heterocycles. The van der Waals surface area contributed by atoms with Crippen molar-refractivity contribution in [1.29, 1.82) is 0 Å². The number of nitrogens with zero attached hydrogens (tertiary/aromatic N) is 2. The van der Waals surface area contributed by atoms with Crippen LogP contribution in [-0.2, 0) is 10.0 Å². The van der Waals surface area contributed by atoms with E-state index in [-0.39, 0.29) is 10.7 Å². The van der Waals surface area contributed by atoms with Gasteiger partial charge in [0.1, 0.15) is 5.58 Å². The summed E-state index contributed by atoms with van der Waals surface area (Å²) in [6.07, 6.45) is 0. The summed E-state index contributed by atoms with van der Waals surface area (Å²) in [6, 6.07) is 38.2. The Bertz CT molecular complexity index is 2270. The van der Waals surface area contributed by atoms with Crippen LogP contribution in [0.3, 0.4) is 0 Å². The fourth-order valence-electron chi connectivity index (χ4n) is 5.35. The fourth-order valence-corrected chi connectivity index (χ4v) is 6.84. The molecule has 0 aliphatic carbocycles. The molecule has 0 bridgehead atoms.